The fourth-order valence-corrected chi connectivity index (χ4v) is 1.11. The number of aromatic carboxylic acids is 1. The molecule has 0 atom stereocenters. The molecule has 0 heterocycles. The van der Waals surface area contributed by atoms with E-state index >= 15 is 0 Å². The number of carboxylic acids is 1. The molecule has 0 fully saturated rings. The predicted molar refractivity (Wildman–Crippen MR) is 52.8 cm³/mol. The molecule has 0 unspecified atom stereocenters. The van der Waals surface area contributed by atoms with E-state index in [1.165, 1.54) is 6.08 Å². The molecular formula is C11H9NO2. The van der Waals surface area contributed by atoms with Crippen LogP contribution >= 0.6 is 0 Å². The molecule has 0 amide bonds. The van der Waals surface area contributed by atoms with E-state index in [0.29, 0.717) is 5.56 Å². The van der Waals surface area contributed by atoms with Crippen LogP contribution in [0.25, 0.3) is 6.08 Å². The van der Waals surface area contributed by atoms with E-state index in [0.717, 1.165) is 5.56 Å². The van der Waals surface area contributed by atoms with Crippen molar-refractivity contribution in [3.63, 3.8) is 0 Å². The molecule has 0 aliphatic heterocycles. The van der Waals surface area contributed by atoms with E-state index in [1.54, 1.807) is 31.2 Å². The minimum Gasteiger partial charge on any atom is -0.478 e. The molecule has 3 nitrogen and oxygen atoms in total. The number of rotatable bonds is 2. The normalized spacial score (nSPS) is 10.0. The Labute approximate surface area is 81.9 Å². The molecule has 1 N–H and O–H groups in total. The number of benzene rings is 1. The fraction of sp³-hybridized carbons (Fsp3) is 0.0909. The van der Waals surface area contributed by atoms with Crippen LogP contribution in [0.3, 0.4) is 0 Å². The maximum Gasteiger partial charge on any atom is 0.335 e. The lowest BCUT2D eigenvalue weighted by atomic mass is 10.0. The highest BCUT2D eigenvalue weighted by Crippen LogP contribution is 2.12. The standard InChI is InChI=1S/C11H9NO2/c1-8-4-5-9(3-2-6-12)7-10(8)11(13)14/h2-5,7H,1H3,(H,13,14). The molecule has 0 aliphatic carbocycles. The van der Waals surface area contributed by atoms with Crippen molar-refractivity contribution in [2.75, 3.05) is 0 Å². The highest BCUT2D eigenvalue weighted by molar-refractivity contribution is 5.90. The third kappa shape index (κ3) is 2.20. The lowest BCUT2D eigenvalue weighted by molar-refractivity contribution is 0.0696. The largest absolute Gasteiger partial charge is 0.478 e. The van der Waals surface area contributed by atoms with E-state index in [9.17, 15) is 4.79 Å². The summed E-state index contributed by atoms with van der Waals surface area (Å²) in [6, 6.07) is 6.89. The fourth-order valence-electron chi connectivity index (χ4n) is 1.11. The van der Waals surface area contributed by atoms with Crippen LogP contribution in [0.2, 0.25) is 0 Å². The van der Waals surface area contributed by atoms with Gasteiger partial charge in [0.1, 0.15) is 0 Å². The quantitative estimate of drug-likeness (QED) is 0.722. The molecule has 1 aromatic carbocycles. The van der Waals surface area contributed by atoms with Crippen molar-refractivity contribution in [2.24, 2.45) is 0 Å². The molecule has 0 spiro atoms. The summed E-state index contributed by atoms with van der Waals surface area (Å²) in [6.07, 6.45) is 2.89. The molecule has 0 saturated heterocycles. The molecule has 1 rings (SSSR count). The summed E-state index contributed by atoms with van der Waals surface area (Å²) >= 11 is 0. The van der Waals surface area contributed by atoms with Crippen molar-refractivity contribution in [1.82, 2.24) is 0 Å². The molecule has 14 heavy (non-hydrogen) atoms. The molecule has 70 valence electrons. The van der Waals surface area contributed by atoms with Crippen LogP contribution in [-0.4, -0.2) is 11.1 Å². The molecule has 0 aromatic heterocycles. The Kier molecular flexibility index (Phi) is 3.03. The van der Waals surface area contributed by atoms with Gasteiger partial charge >= 0.3 is 5.97 Å². The zero-order chi connectivity index (χ0) is 10.6. The molecule has 1 aromatic rings. The zero-order valence-corrected chi connectivity index (χ0v) is 7.69. The summed E-state index contributed by atoms with van der Waals surface area (Å²) in [5.41, 5.74) is 1.70. The van der Waals surface area contributed by atoms with Crippen LogP contribution in [0, 0.1) is 18.3 Å². The van der Waals surface area contributed by atoms with Crippen molar-refractivity contribution in [1.29, 1.82) is 5.26 Å². The van der Waals surface area contributed by atoms with Crippen molar-refractivity contribution in [2.45, 2.75) is 6.92 Å². The Morgan fingerprint density at radius 1 is 1.57 bits per heavy atom. The van der Waals surface area contributed by atoms with Crippen LogP contribution in [0.4, 0.5) is 0 Å². The van der Waals surface area contributed by atoms with E-state index in [4.69, 9.17) is 10.4 Å². The van der Waals surface area contributed by atoms with Crippen molar-refractivity contribution < 1.29 is 9.90 Å². The van der Waals surface area contributed by atoms with Gasteiger partial charge in [-0.1, -0.05) is 12.1 Å². The van der Waals surface area contributed by atoms with Crippen LogP contribution in [0.1, 0.15) is 21.5 Å². The number of allylic oxidation sites excluding steroid dienone is 1. The van der Waals surface area contributed by atoms with Gasteiger partial charge in [-0.15, -0.1) is 0 Å². The number of carbonyl (C=O) groups is 1. The first kappa shape index (κ1) is 10.0. The number of nitrogens with zero attached hydrogens (tertiary/aromatic N) is 1. The number of carboxylic acid groups (broad SMARTS) is 1. The van der Waals surface area contributed by atoms with Gasteiger partial charge in [-0.2, -0.15) is 5.26 Å². The van der Waals surface area contributed by atoms with Crippen molar-refractivity contribution in [3.05, 3.63) is 41.0 Å². The number of nitriles is 1. The maximum atomic E-state index is 10.8. The predicted octanol–water partition coefficient (Wildman–Crippen LogP) is 2.23. The minimum absolute atomic E-state index is 0.269. The zero-order valence-electron chi connectivity index (χ0n) is 7.69. The molecule has 0 saturated carbocycles. The van der Waals surface area contributed by atoms with Crippen LogP contribution in [0.5, 0.6) is 0 Å². The Balaban J connectivity index is 3.14. The third-order valence-corrected chi connectivity index (χ3v) is 1.84. The Morgan fingerprint density at radius 3 is 2.86 bits per heavy atom. The van der Waals surface area contributed by atoms with Crippen molar-refractivity contribution in [3.8, 4) is 6.07 Å². The first-order chi connectivity index (χ1) is 6.65. The lowest BCUT2D eigenvalue weighted by Gasteiger charge is -2.01. The average Bonchev–Trinajstić information content (AvgIpc) is 2.16. The lowest BCUT2D eigenvalue weighted by Crippen LogP contribution is -1.99. The van der Waals surface area contributed by atoms with Gasteiger partial charge < -0.3 is 5.11 Å². The Morgan fingerprint density at radius 2 is 2.29 bits per heavy atom. The molecule has 0 aliphatic rings. The van der Waals surface area contributed by atoms with E-state index in [1.807, 2.05) is 6.07 Å². The molecule has 0 radical (unpaired) electrons. The summed E-state index contributed by atoms with van der Waals surface area (Å²) in [6.45, 7) is 1.74. The summed E-state index contributed by atoms with van der Waals surface area (Å²) in [5, 5.41) is 17.1. The first-order valence-electron chi connectivity index (χ1n) is 4.05. The highest BCUT2D eigenvalue weighted by Gasteiger charge is 2.06. The number of aryl methyl sites for hydroxylation is 1. The Hall–Kier alpha value is -2.08. The van der Waals surface area contributed by atoms with Gasteiger partial charge in [-0.05, 0) is 30.2 Å². The van der Waals surface area contributed by atoms with Crippen LogP contribution in [0.15, 0.2) is 24.3 Å². The SMILES string of the molecule is Cc1ccc(C=CC#N)cc1C(=O)O. The van der Waals surface area contributed by atoms with Crippen LogP contribution < -0.4 is 0 Å². The van der Waals surface area contributed by atoms with Gasteiger partial charge in [0.15, 0.2) is 0 Å². The summed E-state index contributed by atoms with van der Waals surface area (Å²) < 4.78 is 0. The van der Waals surface area contributed by atoms with Gasteiger partial charge in [0.25, 0.3) is 0 Å². The summed E-state index contributed by atoms with van der Waals surface area (Å²) in [7, 11) is 0. The summed E-state index contributed by atoms with van der Waals surface area (Å²) in [5.74, 6) is -0.949. The summed E-state index contributed by atoms with van der Waals surface area (Å²) in [4.78, 5) is 10.8. The number of hydrogen-bond donors (Lipinski definition) is 1. The Bertz CT molecular complexity index is 427. The molecule has 3 heteroatoms. The van der Waals surface area contributed by atoms with Crippen molar-refractivity contribution >= 4 is 12.0 Å². The maximum absolute atomic E-state index is 10.8. The van der Waals surface area contributed by atoms with E-state index in [2.05, 4.69) is 0 Å². The van der Waals surface area contributed by atoms with Crippen LogP contribution in [-0.2, 0) is 0 Å². The van der Waals surface area contributed by atoms with Gasteiger partial charge in [0.2, 0.25) is 0 Å². The van der Waals surface area contributed by atoms with Gasteiger partial charge in [0.05, 0.1) is 11.6 Å². The smallest absolute Gasteiger partial charge is 0.335 e. The average molecular weight is 187 g/mol. The van der Waals surface area contributed by atoms with E-state index in [-0.39, 0.29) is 5.56 Å². The molecule has 0 bridgehead atoms. The second-order valence-electron chi connectivity index (χ2n) is 2.84. The van der Waals surface area contributed by atoms with Gasteiger partial charge in [0, 0.05) is 6.08 Å². The highest BCUT2D eigenvalue weighted by atomic mass is 16.4. The third-order valence-electron chi connectivity index (χ3n) is 1.84. The van der Waals surface area contributed by atoms with E-state index < -0.39 is 5.97 Å². The minimum atomic E-state index is -0.949. The second-order valence-corrected chi connectivity index (χ2v) is 2.84. The molecular weight excluding hydrogens is 178 g/mol. The first-order valence-corrected chi connectivity index (χ1v) is 4.05. The number of hydrogen-bond acceptors (Lipinski definition) is 2. The topological polar surface area (TPSA) is 61.1 Å². The van der Waals surface area contributed by atoms with Gasteiger partial charge in [-0.25, -0.2) is 4.79 Å². The monoisotopic (exact) mass is 187 g/mol. The second kappa shape index (κ2) is 4.24. The van der Waals surface area contributed by atoms with Gasteiger partial charge in [-0.3, -0.25) is 0 Å².